The molecule has 0 aromatic heterocycles. The summed E-state index contributed by atoms with van der Waals surface area (Å²) in [6.45, 7) is 0.743. The van der Waals surface area contributed by atoms with Crippen molar-refractivity contribution in [3.05, 3.63) is 65.7 Å². The summed E-state index contributed by atoms with van der Waals surface area (Å²) in [4.78, 5) is 0. The average Bonchev–Trinajstić information content (AvgIpc) is 3.60. The van der Waals surface area contributed by atoms with Crippen molar-refractivity contribution < 1.29 is 39.0 Å². The minimum atomic E-state index is -1.97. The smallest absolute Gasteiger partial charge is 0.222 e. The van der Waals surface area contributed by atoms with E-state index in [-0.39, 0.29) is 6.10 Å². The van der Waals surface area contributed by atoms with Crippen LogP contribution in [0.3, 0.4) is 0 Å². The van der Waals surface area contributed by atoms with Crippen molar-refractivity contribution in [2.45, 2.75) is 42.6 Å². The van der Waals surface area contributed by atoms with E-state index in [0.717, 1.165) is 5.56 Å². The van der Waals surface area contributed by atoms with Gasteiger partial charge in [0.2, 0.25) is 5.79 Å². The van der Waals surface area contributed by atoms with Gasteiger partial charge in [-0.3, -0.25) is 0 Å². The number of epoxide rings is 1. The van der Waals surface area contributed by atoms with Crippen LogP contribution in [0.2, 0.25) is 0 Å². The Balaban J connectivity index is 1.42. The van der Waals surface area contributed by atoms with Crippen LogP contribution in [-0.4, -0.2) is 65.7 Å². The summed E-state index contributed by atoms with van der Waals surface area (Å²) in [6, 6.07) is 16.0. The molecule has 2 unspecified atom stereocenters. The maximum Gasteiger partial charge on any atom is 0.222 e. The summed E-state index contributed by atoms with van der Waals surface area (Å²) >= 11 is 0. The van der Waals surface area contributed by atoms with E-state index in [4.69, 9.17) is 23.7 Å². The molecule has 7 atom stereocenters. The molecule has 5 rings (SSSR count). The number of ether oxygens (including phenoxy) is 5. The largest absolute Gasteiger partial charge is 0.491 e. The highest BCUT2D eigenvalue weighted by Crippen LogP contribution is 2.45. The van der Waals surface area contributed by atoms with Crippen LogP contribution >= 0.6 is 0 Å². The van der Waals surface area contributed by atoms with Gasteiger partial charge in [0.1, 0.15) is 42.9 Å². The first-order chi connectivity index (χ1) is 14.6. The molecule has 0 radical (unpaired) electrons. The lowest BCUT2D eigenvalue weighted by molar-refractivity contribution is -0.435. The summed E-state index contributed by atoms with van der Waals surface area (Å²) in [5.74, 6) is -1.35. The van der Waals surface area contributed by atoms with Crippen molar-refractivity contribution in [1.82, 2.24) is 0 Å². The molecule has 2 aromatic rings. The average molecular weight is 416 g/mol. The lowest BCUT2D eigenvalue weighted by Gasteiger charge is -2.53. The van der Waals surface area contributed by atoms with Gasteiger partial charge in [-0.05, 0) is 24.3 Å². The molecule has 8 nitrogen and oxygen atoms in total. The van der Waals surface area contributed by atoms with Gasteiger partial charge in [-0.25, -0.2) is 0 Å². The molecular weight excluding hydrogens is 392 g/mol. The van der Waals surface area contributed by atoms with Crippen LogP contribution in [0.1, 0.15) is 17.4 Å². The molecular formula is C22H24O8. The van der Waals surface area contributed by atoms with Gasteiger partial charge in [0.15, 0.2) is 6.29 Å². The number of aliphatic hydroxyl groups excluding tert-OH is 2. The Morgan fingerprint density at radius 2 is 1.77 bits per heavy atom. The monoisotopic (exact) mass is 416 g/mol. The zero-order chi connectivity index (χ0) is 20.7. The Morgan fingerprint density at radius 1 is 1.03 bits per heavy atom. The zero-order valence-electron chi connectivity index (χ0n) is 16.2. The lowest BCUT2D eigenvalue weighted by Crippen LogP contribution is -2.68. The van der Waals surface area contributed by atoms with Crippen molar-refractivity contribution in [3.8, 4) is 5.75 Å². The summed E-state index contributed by atoms with van der Waals surface area (Å²) in [5, 5.41) is 32.1. The summed E-state index contributed by atoms with van der Waals surface area (Å²) in [6.07, 6.45) is -4.76. The first-order valence-electron chi connectivity index (χ1n) is 9.98. The van der Waals surface area contributed by atoms with E-state index in [9.17, 15) is 15.3 Å². The molecule has 160 valence electrons. The molecule has 3 aliphatic heterocycles. The Hall–Kier alpha value is -2.04. The van der Waals surface area contributed by atoms with E-state index in [2.05, 4.69) is 0 Å². The summed E-state index contributed by atoms with van der Waals surface area (Å²) < 4.78 is 28.4. The van der Waals surface area contributed by atoms with Crippen molar-refractivity contribution >= 4 is 0 Å². The molecule has 30 heavy (non-hydrogen) atoms. The molecule has 0 amide bonds. The van der Waals surface area contributed by atoms with Crippen LogP contribution in [0.4, 0.5) is 0 Å². The van der Waals surface area contributed by atoms with Crippen LogP contribution in [0.25, 0.3) is 0 Å². The van der Waals surface area contributed by atoms with Crippen molar-refractivity contribution in [3.63, 3.8) is 0 Å². The molecule has 3 fully saturated rings. The summed E-state index contributed by atoms with van der Waals surface area (Å²) in [7, 11) is 0. The highest BCUT2D eigenvalue weighted by Gasteiger charge is 2.59. The molecule has 8 heteroatoms. The third-order valence-corrected chi connectivity index (χ3v) is 5.64. The fraction of sp³-hybridized carbons (Fsp3) is 0.455. The molecule has 3 N–H and O–H groups in total. The number of hydrogen-bond acceptors (Lipinski definition) is 8. The number of aliphatic hydroxyl groups is 3. The van der Waals surface area contributed by atoms with E-state index in [1.165, 1.54) is 0 Å². The molecule has 2 bridgehead atoms. The van der Waals surface area contributed by atoms with Crippen LogP contribution in [0.5, 0.6) is 5.75 Å². The SMILES string of the molecule is OC[C@H]1O[C@](O)(c2ccc(OCC3CO3)cc2)[C@@H]2OC(c3ccccc3)O[C@H]1[C@@H]2O. The van der Waals surface area contributed by atoms with Crippen LogP contribution in [0.15, 0.2) is 54.6 Å². The molecule has 3 heterocycles. The van der Waals surface area contributed by atoms with E-state index in [1.54, 1.807) is 24.3 Å². The van der Waals surface area contributed by atoms with Gasteiger partial charge in [-0.15, -0.1) is 0 Å². The van der Waals surface area contributed by atoms with Gasteiger partial charge >= 0.3 is 0 Å². The molecule has 0 aliphatic carbocycles. The Morgan fingerprint density at radius 3 is 2.43 bits per heavy atom. The minimum Gasteiger partial charge on any atom is -0.491 e. The van der Waals surface area contributed by atoms with Crippen LogP contribution in [-0.2, 0) is 24.7 Å². The predicted octanol–water partition coefficient (Wildman–Crippen LogP) is 0.844. The fourth-order valence-corrected chi connectivity index (χ4v) is 3.92. The number of hydrogen-bond donors (Lipinski definition) is 3. The maximum atomic E-state index is 11.5. The van der Waals surface area contributed by atoms with Gasteiger partial charge in [-0.2, -0.15) is 0 Å². The van der Waals surface area contributed by atoms with Gasteiger partial charge in [0, 0.05) is 11.1 Å². The topological polar surface area (TPSA) is 110 Å². The van der Waals surface area contributed by atoms with Gasteiger partial charge in [0.25, 0.3) is 0 Å². The standard InChI is InChI=1S/C22H24O8/c23-10-17-19-18(24)20(29-21(28-19)13-4-2-1-3-5-13)22(25,30-17)14-6-8-15(9-7-14)26-11-16-12-27-16/h1-9,16-21,23-25H,10-12H2/t16?,17-,18+,19-,20-,21?,22-/m1/s1. The van der Waals surface area contributed by atoms with Crippen molar-refractivity contribution in [1.29, 1.82) is 0 Å². The second-order valence-corrected chi connectivity index (χ2v) is 7.72. The Bertz CT molecular complexity index is 853. The predicted molar refractivity (Wildman–Crippen MR) is 102 cm³/mol. The number of benzene rings is 2. The quantitative estimate of drug-likeness (QED) is 0.595. The van der Waals surface area contributed by atoms with Crippen molar-refractivity contribution in [2.75, 3.05) is 19.8 Å². The van der Waals surface area contributed by atoms with Crippen LogP contribution in [0, 0.1) is 0 Å². The molecule has 2 aromatic carbocycles. The fourth-order valence-electron chi connectivity index (χ4n) is 3.92. The molecule has 0 saturated carbocycles. The highest BCUT2D eigenvalue weighted by atomic mass is 16.8. The normalized spacial score (nSPS) is 37.6. The maximum absolute atomic E-state index is 11.5. The molecule has 0 spiro atoms. The van der Waals surface area contributed by atoms with Crippen molar-refractivity contribution in [2.24, 2.45) is 0 Å². The van der Waals surface area contributed by atoms with E-state index < -0.39 is 43.1 Å². The van der Waals surface area contributed by atoms with Gasteiger partial charge in [0.05, 0.1) is 13.2 Å². The number of rotatable bonds is 6. The third-order valence-electron chi connectivity index (χ3n) is 5.64. The van der Waals surface area contributed by atoms with E-state index in [0.29, 0.717) is 24.5 Å². The molecule has 3 aliphatic rings. The summed E-state index contributed by atoms with van der Waals surface area (Å²) in [5.41, 5.74) is 1.12. The second kappa shape index (κ2) is 7.90. The Labute approximate surface area is 173 Å². The second-order valence-electron chi connectivity index (χ2n) is 7.72. The minimum absolute atomic E-state index is 0.137. The zero-order valence-corrected chi connectivity index (χ0v) is 16.2. The highest BCUT2D eigenvalue weighted by molar-refractivity contribution is 5.32. The third kappa shape index (κ3) is 3.61. The number of fused-ring (bicyclic) bond motifs is 2. The van der Waals surface area contributed by atoms with Crippen LogP contribution < -0.4 is 4.74 Å². The molecule has 3 saturated heterocycles. The van der Waals surface area contributed by atoms with Gasteiger partial charge < -0.3 is 39.0 Å². The van der Waals surface area contributed by atoms with E-state index >= 15 is 0 Å². The first kappa shape index (κ1) is 19.9. The first-order valence-corrected chi connectivity index (χ1v) is 9.98. The Kier molecular flexibility index (Phi) is 5.24. The van der Waals surface area contributed by atoms with E-state index in [1.807, 2.05) is 30.3 Å². The van der Waals surface area contributed by atoms with Gasteiger partial charge in [-0.1, -0.05) is 30.3 Å². The lowest BCUT2D eigenvalue weighted by atomic mass is 9.87.